The van der Waals surface area contributed by atoms with Crippen molar-refractivity contribution in [3.8, 4) is 5.75 Å². The molecule has 0 radical (unpaired) electrons. The van der Waals surface area contributed by atoms with Crippen LogP contribution in [-0.2, 0) is 4.79 Å². The van der Waals surface area contributed by atoms with E-state index in [0.29, 0.717) is 6.42 Å². The van der Waals surface area contributed by atoms with Gasteiger partial charge in [-0.05, 0) is 69.3 Å². The second kappa shape index (κ2) is 9.07. The highest BCUT2D eigenvalue weighted by molar-refractivity contribution is 5.81. The number of ether oxygens (including phenoxy) is 1. The first-order valence-corrected chi connectivity index (χ1v) is 9.30. The Morgan fingerprint density at radius 3 is 2.54 bits per heavy atom. The molecule has 1 N–H and O–H groups in total. The van der Waals surface area contributed by atoms with Gasteiger partial charge >= 0.3 is 0 Å². The van der Waals surface area contributed by atoms with E-state index in [1.165, 1.54) is 17.5 Å². The summed E-state index contributed by atoms with van der Waals surface area (Å²) in [6.45, 7) is 11.7. The second-order valence-electron chi connectivity index (χ2n) is 6.89. The Morgan fingerprint density at radius 2 is 1.96 bits per heavy atom. The summed E-state index contributed by atoms with van der Waals surface area (Å²) in [4.78, 5) is 15.0. The molecule has 1 aliphatic rings. The average Bonchev–Trinajstić information content (AvgIpc) is 2.57. The summed E-state index contributed by atoms with van der Waals surface area (Å²) < 4.78 is 5.94. The number of likely N-dealkylation sites (tertiary alicyclic amines) is 1. The molecule has 2 rings (SSSR count). The number of nitrogens with one attached hydrogen (secondary N) is 1. The standard InChI is InChI=1S/C20H32N2O2/c1-5-11-22-12-9-17(10-13-22)21-20(23)19(6-2)24-18-8-7-15(3)16(4)14-18/h7-8,14,17,19H,5-6,9-13H2,1-4H3,(H,21,23). The predicted molar refractivity (Wildman–Crippen MR) is 98.5 cm³/mol. The van der Waals surface area contributed by atoms with Crippen molar-refractivity contribution in [3.63, 3.8) is 0 Å². The Balaban J connectivity index is 1.86. The van der Waals surface area contributed by atoms with Crippen molar-refractivity contribution < 1.29 is 9.53 Å². The molecule has 0 bridgehead atoms. The molecule has 1 heterocycles. The van der Waals surface area contributed by atoms with E-state index in [2.05, 4.69) is 31.0 Å². The molecular weight excluding hydrogens is 300 g/mol. The Morgan fingerprint density at radius 1 is 1.25 bits per heavy atom. The molecule has 1 aliphatic heterocycles. The molecule has 0 aromatic heterocycles. The van der Waals surface area contributed by atoms with Crippen LogP contribution >= 0.6 is 0 Å². The lowest BCUT2D eigenvalue weighted by Gasteiger charge is -2.32. The fraction of sp³-hybridized carbons (Fsp3) is 0.650. The fourth-order valence-electron chi connectivity index (χ4n) is 3.18. The molecule has 1 atom stereocenters. The monoisotopic (exact) mass is 332 g/mol. The predicted octanol–water partition coefficient (Wildman–Crippen LogP) is 3.45. The molecular formula is C20H32N2O2. The van der Waals surface area contributed by atoms with Crippen LogP contribution in [0.2, 0.25) is 0 Å². The van der Waals surface area contributed by atoms with Gasteiger partial charge in [0.1, 0.15) is 5.75 Å². The summed E-state index contributed by atoms with van der Waals surface area (Å²) in [7, 11) is 0. The Kier molecular flexibility index (Phi) is 7.10. The van der Waals surface area contributed by atoms with Crippen LogP contribution in [0.4, 0.5) is 0 Å². The molecule has 1 aromatic carbocycles. The smallest absolute Gasteiger partial charge is 0.261 e. The van der Waals surface area contributed by atoms with Crippen molar-refractivity contribution in [1.82, 2.24) is 10.2 Å². The highest BCUT2D eigenvalue weighted by Crippen LogP contribution is 2.19. The summed E-state index contributed by atoms with van der Waals surface area (Å²) in [6.07, 6.45) is 3.52. The summed E-state index contributed by atoms with van der Waals surface area (Å²) in [6, 6.07) is 6.28. The number of hydrogen-bond donors (Lipinski definition) is 1. The van der Waals surface area contributed by atoms with Crippen molar-refractivity contribution in [2.75, 3.05) is 19.6 Å². The zero-order valence-electron chi connectivity index (χ0n) is 15.6. The van der Waals surface area contributed by atoms with E-state index >= 15 is 0 Å². The van der Waals surface area contributed by atoms with E-state index < -0.39 is 6.10 Å². The van der Waals surface area contributed by atoms with Crippen LogP contribution in [0.25, 0.3) is 0 Å². The number of carbonyl (C=O) groups excluding carboxylic acids is 1. The van der Waals surface area contributed by atoms with Crippen LogP contribution in [0.5, 0.6) is 5.75 Å². The van der Waals surface area contributed by atoms with Gasteiger partial charge in [0.05, 0.1) is 0 Å². The van der Waals surface area contributed by atoms with Crippen molar-refractivity contribution in [2.45, 2.75) is 65.5 Å². The van der Waals surface area contributed by atoms with E-state index in [4.69, 9.17) is 4.74 Å². The van der Waals surface area contributed by atoms with Gasteiger partial charge < -0.3 is 15.0 Å². The van der Waals surface area contributed by atoms with E-state index in [1.54, 1.807) is 0 Å². The first-order valence-electron chi connectivity index (χ1n) is 9.30. The van der Waals surface area contributed by atoms with E-state index in [1.807, 2.05) is 25.1 Å². The summed E-state index contributed by atoms with van der Waals surface area (Å²) >= 11 is 0. The summed E-state index contributed by atoms with van der Waals surface area (Å²) in [5, 5.41) is 3.19. The number of amides is 1. The third-order valence-corrected chi connectivity index (χ3v) is 4.89. The van der Waals surface area contributed by atoms with Gasteiger partial charge in [-0.15, -0.1) is 0 Å². The Hall–Kier alpha value is -1.55. The van der Waals surface area contributed by atoms with Crippen molar-refractivity contribution in [3.05, 3.63) is 29.3 Å². The number of aryl methyl sites for hydroxylation is 2. The van der Waals surface area contributed by atoms with Gasteiger partial charge in [-0.1, -0.05) is 19.9 Å². The molecule has 1 saturated heterocycles. The molecule has 4 heteroatoms. The second-order valence-corrected chi connectivity index (χ2v) is 6.89. The van der Waals surface area contributed by atoms with E-state index in [9.17, 15) is 4.79 Å². The fourth-order valence-corrected chi connectivity index (χ4v) is 3.18. The number of rotatable bonds is 7. The van der Waals surface area contributed by atoms with Crippen molar-refractivity contribution in [1.29, 1.82) is 0 Å². The van der Waals surface area contributed by atoms with Gasteiger partial charge in [0.2, 0.25) is 0 Å². The Bertz CT molecular complexity index is 536. The zero-order valence-corrected chi connectivity index (χ0v) is 15.6. The first kappa shape index (κ1) is 18.8. The molecule has 1 aromatic rings. The minimum Gasteiger partial charge on any atom is -0.481 e. The third-order valence-electron chi connectivity index (χ3n) is 4.89. The SMILES string of the molecule is CCCN1CCC(NC(=O)C(CC)Oc2ccc(C)c(C)c2)CC1. The highest BCUT2D eigenvalue weighted by atomic mass is 16.5. The van der Waals surface area contributed by atoms with Crippen LogP contribution < -0.4 is 10.1 Å². The van der Waals surface area contributed by atoms with Crippen LogP contribution in [0.15, 0.2) is 18.2 Å². The largest absolute Gasteiger partial charge is 0.481 e. The summed E-state index contributed by atoms with van der Waals surface area (Å²) in [5.41, 5.74) is 2.42. The van der Waals surface area contributed by atoms with Crippen LogP contribution in [-0.4, -0.2) is 42.6 Å². The number of piperidine rings is 1. The van der Waals surface area contributed by atoms with Crippen LogP contribution in [0, 0.1) is 13.8 Å². The molecule has 4 nitrogen and oxygen atoms in total. The van der Waals surface area contributed by atoms with Crippen molar-refractivity contribution in [2.24, 2.45) is 0 Å². The summed E-state index contributed by atoms with van der Waals surface area (Å²) in [5.74, 6) is 0.794. The zero-order chi connectivity index (χ0) is 17.5. The molecule has 0 aliphatic carbocycles. The van der Waals surface area contributed by atoms with E-state index in [0.717, 1.165) is 38.2 Å². The van der Waals surface area contributed by atoms with Crippen LogP contribution in [0.3, 0.4) is 0 Å². The maximum Gasteiger partial charge on any atom is 0.261 e. The van der Waals surface area contributed by atoms with E-state index in [-0.39, 0.29) is 11.9 Å². The normalized spacial score (nSPS) is 17.5. The van der Waals surface area contributed by atoms with Crippen LogP contribution in [0.1, 0.15) is 50.7 Å². The molecule has 1 fully saturated rings. The average molecular weight is 332 g/mol. The molecule has 134 valence electrons. The first-order chi connectivity index (χ1) is 11.5. The molecule has 0 spiro atoms. The number of hydrogen-bond acceptors (Lipinski definition) is 3. The quantitative estimate of drug-likeness (QED) is 0.831. The van der Waals surface area contributed by atoms with Gasteiger partial charge in [-0.25, -0.2) is 0 Å². The number of carbonyl (C=O) groups is 1. The maximum absolute atomic E-state index is 12.6. The van der Waals surface area contributed by atoms with Gasteiger partial charge in [0.15, 0.2) is 6.10 Å². The van der Waals surface area contributed by atoms with Gasteiger partial charge in [0.25, 0.3) is 5.91 Å². The van der Waals surface area contributed by atoms with Gasteiger partial charge in [-0.2, -0.15) is 0 Å². The lowest BCUT2D eigenvalue weighted by atomic mass is 10.0. The lowest BCUT2D eigenvalue weighted by Crippen LogP contribution is -2.48. The van der Waals surface area contributed by atoms with Gasteiger partial charge in [-0.3, -0.25) is 4.79 Å². The third kappa shape index (κ3) is 5.23. The Labute approximate surface area is 146 Å². The minimum absolute atomic E-state index is 0.0182. The molecule has 1 amide bonds. The minimum atomic E-state index is -0.416. The van der Waals surface area contributed by atoms with Gasteiger partial charge in [0, 0.05) is 19.1 Å². The maximum atomic E-state index is 12.6. The molecule has 0 saturated carbocycles. The number of nitrogens with zero attached hydrogens (tertiary/aromatic N) is 1. The highest BCUT2D eigenvalue weighted by Gasteiger charge is 2.24. The number of benzene rings is 1. The molecule has 1 unspecified atom stereocenters. The molecule has 24 heavy (non-hydrogen) atoms. The lowest BCUT2D eigenvalue weighted by molar-refractivity contribution is -0.129. The topological polar surface area (TPSA) is 41.6 Å². The van der Waals surface area contributed by atoms with Crippen molar-refractivity contribution >= 4 is 5.91 Å².